The summed E-state index contributed by atoms with van der Waals surface area (Å²) in [4.78, 5) is 4.46. The van der Waals surface area contributed by atoms with Crippen molar-refractivity contribution in [3.63, 3.8) is 0 Å². The minimum atomic E-state index is -0.887. The summed E-state index contributed by atoms with van der Waals surface area (Å²) in [5.74, 6) is -1.06. The molecular formula is C14H11ClF2N4. The van der Waals surface area contributed by atoms with Gasteiger partial charge in [-0.25, -0.2) is 13.8 Å². The molecule has 0 radical (unpaired) electrons. The van der Waals surface area contributed by atoms with E-state index in [4.69, 9.17) is 11.6 Å². The predicted molar refractivity (Wildman–Crippen MR) is 75.0 cm³/mol. The maximum absolute atomic E-state index is 13.5. The van der Waals surface area contributed by atoms with Crippen molar-refractivity contribution in [2.45, 2.75) is 30.8 Å². The van der Waals surface area contributed by atoms with Crippen LogP contribution >= 0.6 is 11.6 Å². The number of hydrogen-bond acceptors (Lipinski definition) is 3. The second kappa shape index (κ2) is 4.59. The highest BCUT2D eigenvalue weighted by Crippen LogP contribution is 2.41. The van der Waals surface area contributed by atoms with Crippen molar-refractivity contribution < 1.29 is 8.78 Å². The highest BCUT2D eigenvalue weighted by Gasteiger charge is 2.30. The van der Waals surface area contributed by atoms with Crippen molar-refractivity contribution >= 4 is 28.2 Å². The molecule has 2 heterocycles. The van der Waals surface area contributed by atoms with E-state index < -0.39 is 17.1 Å². The highest BCUT2D eigenvalue weighted by atomic mass is 35.5. The Morgan fingerprint density at radius 1 is 1.19 bits per heavy atom. The number of imidazole rings is 1. The van der Waals surface area contributed by atoms with E-state index in [1.54, 1.807) is 6.20 Å². The number of hydrogen-bond donors (Lipinski definition) is 0. The first-order valence-electron chi connectivity index (χ1n) is 6.74. The van der Waals surface area contributed by atoms with Crippen LogP contribution in [0.3, 0.4) is 0 Å². The van der Waals surface area contributed by atoms with Crippen LogP contribution in [0.5, 0.6) is 0 Å². The maximum atomic E-state index is 13.5. The van der Waals surface area contributed by atoms with Crippen molar-refractivity contribution in [3.05, 3.63) is 35.8 Å². The van der Waals surface area contributed by atoms with Crippen molar-refractivity contribution in [1.82, 2.24) is 9.55 Å². The summed E-state index contributed by atoms with van der Waals surface area (Å²) >= 11 is 6.00. The number of fused-ring (bicyclic) bond motifs is 1. The Hall–Kier alpha value is -1.82. The van der Waals surface area contributed by atoms with Crippen LogP contribution in [0.2, 0.25) is 0 Å². The van der Waals surface area contributed by atoms with Crippen LogP contribution in [-0.4, -0.2) is 15.1 Å². The van der Waals surface area contributed by atoms with Crippen LogP contribution in [-0.2, 0) is 0 Å². The molecule has 1 aromatic carbocycles. The SMILES string of the molecule is Fc1cc2nc(C3=CN=NC(Cl)C3)n(C3CC3)c2cc1F. The Labute approximate surface area is 124 Å². The third-order valence-corrected chi connectivity index (χ3v) is 3.97. The van der Waals surface area contributed by atoms with Crippen LogP contribution in [0.1, 0.15) is 31.1 Å². The molecule has 108 valence electrons. The molecule has 1 unspecified atom stereocenters. The maximum Gasteiger partial charge on any atom is 0.161 e. The average Bonchev–Trinajstić information content (AvgIpc) is 3.22. The molecule has 4 nitrogen and oxygen atoms in total. The summed E-state index contributed by atoms with van der Waals surface area (Å²) in [5, 5.41) is 7.71. The molecule has 0 amide bonds. The van der Waals surface area contributed by atoms with Crippen LogP contribution < -0.4 is 0 Å². The first-order chi connectivity index (χ1) is 10.1. The molecule has 1 aromatic heterocycles. The molecule has 1 aliphatic heterocycles. The highest BCUT2D eigenvalue weighted by molar-refractivity contribution is 6.21. The zero-order valence-corrected chi connectivity index (χ0v) is 11.7. The fourth-order valence-electron chi connectivity index (χ4n) is 2.62. The first kappa shape index (κ1) is 12.9. The molecule has 1 fully saturated rings. The van der Waals surface area contributed by atoms with Gasteiger partial charge in [0.2, 0.25) is 0 Å². The Morgan fingerprint density at radius 2 is 1.95 bits per heavy atom. The number of halogens is 3. The van der Waals surface area contributed by atoms with E-state index in [9.17, 15) is 8.78 Å². The molecule has 1 aliphatic carbocycles. The van der Waals surface area contributed by atoms with Gasteiger partial charge in [0, 0.05) is 30.2 Å². The van der Waals surface area contributed by atoms with Gasteiger partial charge in [-0.1, -0.05) is 11.6 Å². The number of alkyl halides is 1. The minimum Gasteiger partial charge on any atom is -0.321 e. The molecule has 2 aromatic rings. The third-order valence-electron chi connectivity index (χ3n) is 3.72. The van der Waals surface area contributed by atoms with Crippen molar-refractivity contribution in [1.29, 1.82) is 0 Å². The van der Waals surface area contributed by atoms with Crippen LogP contribution in [0.15, 0.2) is 28.6 Å². The van der Waals surface area contributed by atoms with Crippen LogP contribution in [0.4, 0.5) is 8.78 Å². The predicted octanol–water partition coefficient (Wildman–Crippen LogP) is 4.41. The van der Waals surface area contributed by atoms with Crippen molar-refractivity contribution in [3.8, 4) is 0 Å². The lowest BCUT2D eigenvalue weighted by atomic mass is 10.2. The molecule has 0 saturated heterocycles. The second-order valence-electron chi connectivity index (χ2n) is 5.32. The van der Waals surface area contributed by atoms with E-state index in [2.05, 4.69) is 15.2 Å². The lowest BCUT2D eigenvalue weighted by molar-refractivity contribution is 0.510. The smallest absolute Gasteiger partial charge is 0.161 e. The number of nitrogens with zero attached hydrogens (tertiary/aromatic N) is 4. The lowest BCUT2D eigenvalue weighted by Gasteiger charge is -2.13. The quantitative estimate of drug-likeness (QED) is 0.598. The molecule has 1 atom stereocenters. The molecule has 0 N–H and O–H groups in total. The zero-order valence-electron chi connectivity index (χ0n) is 10.9. The largest absolute Gasteiger partial charge is 0.321 e. The van der Waals surface area contributed by atoms with E-state index in [0.717, 1.165) is 24.5 Å². The molecular weight excluding hydrogens is 298 g/mol. The molecule has 2 aliphatic rings. The fourth-order valence-corrected chi connectivity index (χ4v) is 2.84. The van der Waals surface area contributed by atoms with Gasteiger partial charge in [-0.3, -0.25) is 0 Å². The number of rotatable bonds is 2. The Kier molecular flexibility index (Phi) is 2.82. The second-order valence-corrected chi connectivity index (χ2v) is 5.82. The summed E-state index contributed by atoms with van der Waals surface area (Å²) in [6, 6.07) is 2.63. The van der Waals surface area contributed by atoms with Gasteiger partial charge in [0.1, 0.15) is 11.3 Å². The normalized spacial score (nSPS) is 21.9. The van der Waals surface area contributed by atoms with Gasteiger partial charge in [0.25, 0.3) is 0 Å². The topological polar surface area (TPSA) is 42.5 Å². The molecule has 4 rings (SSSR count). The zero-order chi connectivity index (χ0) is 14.6. The van der Waals surface area contributed by atoms with Gasteiger partial charge >= 0.3 is 0 Å². The summed E-state index contributed by atoms with van der Waals surface area (Å²) < 4.78 is 28.9. The molecule has 21 heavy (non-hydrogen) atoms. The molecule has 7 heteroatoms. The average molecular weight is 309 g/mol. The van der Waals surface area contributed by atoms with Gasteiger partial charge in [0.05, 0.1) is 17.2 Å². The number of aromatic nitrogens is 2. The van der Waals surface area contributed by atoms with Gasteiger partial charge in [-0.05, 0) is 12.8 Å². The van der Waals surface area contributed by atoms with Gasteiger partial charge < -0.3 is 4.57 Å². The summed E-state index contributed by atoms with van der Waals surface area (Å²) in [6.07, 6.45) is 4.14. The Morgan fingerprint density at radius 3 is 2.67 bits per heavy atom. The summed E-state index contributed by atoms with van der Waals surface area (Å²) in [5.41, 5.74) is 1.48. The third kappa shape index (κ3) is 2.14. The molecule has 0 bridgehead atoms. The first-order valence-corrected chi connectivity index (χ1v) is 7.17. The summed E-state index contributed by atoms with van der Waals surface area (Å²) in [6.45, 7) is 0. The van der Waals surface area contributed by atoms with E-state index in [1.807, 2.05) is 4.57 Å². The van der Waals surface area contributed by atoms with Gasteiger partial charge in [-0.15, -0.1) is 0 Å². The van der Waals surface area contributed by atoms with E-state index in [0.29, 0.717) is 23.3 Å². The standard InChI is InChI=1S/C14H11ClF2N4/c15-13-3-7(6-18-20-13)14-19-11-4-9(16)10(17)5-12(11)21(14)8-1-2-8/h4-6,8,13H,1-3H2. The fraction of sp³-hybridized carbons (Fsp3) is 0.357. The van der Waals surface area contributed by atoms with Crippen LogP contribution in [0, 0.1) is 11.6 Å². The minimum absolute atomic E-state index is 0.281. The molecule has 0 spiro atoms. The van der Waals surface area contributed by atoms with E-state index in [-0.39, 0.29) is 6.04 Å². The van der Waals surface area contributed by atoms with E-state index >= 15 is 0 Å². The molecule has 1 saturated carbocycles. The Bertz CT molecular complexity index is 792. The van der Waals surface area contributed by atoms with Crippen LogP contribution in [0.25, 0.3) is 16.6 Å². The van der Waals surface area contributed by atoms with Gasteiger partial charge in [-0.2, -0.15) is 10.2 Å². The number of benzene rings is 1. The Balaban J connectivity index is 1.94. The lowest BCUT2D eigenvalue weighted by Crippen LogP contribution is -2.06. The van der Waals surface area contributed by atoms with Crippen molar-refractivity contribution in [2.75, 3.05) is 0 Å². The van der Waals surface area contributed by atoms with Gasteiger partial charge in [0.15, 0.2) is 11.6 Å². The monoisotopic (exact) mass is 308 g/mol. The van der Waals surface area contributed by atoms with Crippen molar-refractivity contribution in [2.24, 2.45) is 10.2 Å². The van der Waals surface area contributed by atoms with E-state index in [1.165, 1.54) is 6.07 Å². The number of azo groups is 1. The summed E-state index contributed by atoms with van der Waals surface area (Å²) in [7, 11) is 0.